The Morgan fingerprint density at radius 3 is 2.44 bits per heavy atom. The van der Waals surface area contributed by atoms with Crippen LogP contribution in [0.25, 0.3) is 0 Å². The van der Waals surface area contributed by atoms with Crippen molar-refractivity contribution in [2.45, 2.75) is 49.1 Å². The minimum atomic E-state index is -0.415. The van der Waals surface area contributed by atoms with Crippen LogP contribution in [0.2, 0.25) is 0 Å². The summed E-state index contributed by atoms with van der Waals surface area (Å²) in [5.41, 5.74) is 0.892. The minimum Gasteiger partial charge on any atom is -0.389 e. The highest BCUT2D eigenvalue weighted by molar-refractivity contribution is 7.99. The van der Waals surface area contributed by atoms with Gasteiger partial charge < -0.3 is 10.4 Å². The highest BCUT2D eigenvalue weighted by Gasteiger charge is 2.30. The average molecular weight is 265 g/mol. The first-order chi connectivity index (χ1) is 8.63. The molecule has 3 heteroatoms. The van der Waals surface area contributed by atoms with Crippen molar-refractivity contribution in [3.8, 4) is 0 Å². The van der Waals surface area contributed by atoms with E-state index in [9.17, 15) is 5.11 Å². The van der Waals surface area contributed by atoms with Crippen LogP contribution >= 0.6 is 11.8 Å². The second-order valence-electron chi connectivity index (χ2n) is 5.30. The maximum Gasteiger partial charge on any atom is 0.0741 e. The van der Waals surface area contributed by atoms with E-state index in [0.29, 0.717) is 6.04 Å². The van der Waals surface area contributed by atoms with Crippen molar-refractivity contribution in [1.82, 2.24) is 5.32 Å². The quantitative estimate of drug-likeness (QED) is 0.801. The number of hydrogen-bond acceptors (Lipinski definition) is 3. The van der Waals surface area contributed by atoms with E-state index >= 15 is 0 Å². The highest BCUT2D eigenvalue weighted by Crippen LogP contribution is 2.34. The average Bonchev–Trinajstić information content (AvgIpc) is 2.83. The molecule has 1 saturated carbocycles. The Balaban J connectivity index is 1.90. The van der Waals surface area contributed by atoms with Crippen LogP contribution in [-0.2, 0) is 0 Å². The van der Waals surface area contributed by atoms with Gasteiger partial charge in [0.1, 0.15) is 0 Å². The summed E-state index contributed by atoms with van der Waals surface area (Å²) in [5.74, 6) is 0.827. The molecule has 1 aromatic carbocycles. The van der Waals surface area contributed by atoms with Crippen LogP contribution in [0.5, 0.6) is 0 Å². The zero-order valence-corrected chi connectivity index (χ0v) is 12.1. The van der Waals surface area contributed by atoms with Gasteiger partial charge in [0.15, 0.2) is 0 Å². The maximum atomic E-state index is 10.3. The Morgan fingerprint density at radius 2 is 1.89 bits per heavy atom. The number of benzene rings is 1. The van der Waals surface area contributed by atoms with Crippen LogP contribution in [0.1, 0.15) is 44.2 Å². The Morgan fingerprint density at radius 1 is 1.28 bits per heavy atom. The normalized spacial score (nSPS) is 19.9. The molecule has 1 aliphatic rings. The van der Waals surface area contributed by atoms with Crippen LogP contribution in [0.15, 0.2) is 29.2 Å². The first kappa shape index (κ1) is 13.9. The van der Waals surface area contributed by atoms with Gasteiger partial charge >= 0.3 is 0 Å². The molecule has 0 amide bonds. The van der Waals surface area contributed by atoms with E-state index in [1.807, 2.05) is 7.05 Å². The molecule has 0 bridgehead atoms. The largest absolute Gasteiger partial charge is 0.389 e. The highest BCUT2D eigenvalue weighted by atomic mass is 32.2. The van der Waals surface area contributed by atoms with Gasteiger partial charge in [-0.2, -0.15) is 0 Å². The zero-order valence-electron chi connectivity index (χ0n) is 11.3. The Hall–Kier alpha value is -0.510. The summed E-state index contributed by atoms with van der Waals surface area (Å²) in [7, 11) is 1.98. The number of aliphatic hydroxyl groups is 1. The van der Waals surface area contributed by atoms with E-state index in [1.165, 1.54) is 23.3 Å². The number of rotatable bonds is 5. The van der Waals surface area contributed by atoms with Crippen LogP contribution in [0.4, 0.5) is 0 Å². The van der Waals surface area contributed by atoms with Gasteiger partial charge in [0, 0.05) is 16.7 Å². The third kappa shape index (κ3) is 3.50. The molecule has 0 radical (unpaired) electrons. The van der Waals surface area contributed by atoms with Crippen molar-refractivity contribution in [2.75, 3.05) is 12.8 Å². The topological polar surface area (TPSA) is 32.3 Å². The van der Waals surface area contributed by atoms with Gasteiger partial charge in [0.2, 0.25) is 0 Å². The van der Waals surface area contributed by atoms with Gasteiger partial charge in [-0.3, -0.25) is 0 Å². The van der Waals surface area contributed by atoms with Crippen LogP contribution < -0.4 is 5.32 Å². The van der Waals surface area contributed by atoms with E-state index in [1.54, 1.807) is 11.8 Å². The van der Waals surface area contributed by atoms with Crippen molar-refractivity contribution >= 4 is 11.8 Å². The molecule has 1 aliphatic carbocycles. The van der Waals surface area contributed by atoms with E-state index in [-0.39, 0.29) is 0 Å². The van der Waals surface area contributed by atoms with Gasteiger partial charge in [-0.05, 0) is 44.5 Å². The first-order valence-corrected chi connectivity index (χ1v) is 7.74. The molecule has 1 fully saturated rings. The summed E-state index contributed by atoms with van der Waals surface area (Å²) < 4.78 is 0. The smallest absolute Gasteiger partial charge is 0.0741 e. The summed E-state index contributed by atoms with van der Waals surface area (Å²) in [6.45, 7) is 2.16. The van der Waals surface area contributed by atoms with Crippen molar-refractivity contribution in [2.24, 2.45) is 0 Å². The maximum absolute atomic E-state index is 10.3. The summed E-state index contributed by atoms with van der Waals surface area (Å²) in [6, 6.07) is 9.05. The van der Waals surface area contributed by atoms with Crippen molar-refractivity contribution in [3.63, 3.8) is 0 Å². The Labute approximate surface area is 114 Å². The number of thioether (sulfide) groups is 1. The minimum absolute atomic E-state index is 0.392. The fourth-order valence-electron chi connectivity index (χ4n) is 2.41. The summed E-state index contributed by atoms with van der Waals surface area (Å²) in [4.78, 5) is 1.25. The van der Waals surface area contributed by atoms with Crippen LogP contribution in [0, 0.1) is 0 Å². The molecule has 2 N–H and O–H groups in total. The van der Waals surface area contributed by atoms with Gasteiger partial charge in [-0.1, -0.05) is 25.0 Å². The van der Waals surface area contributed by atoms with Gasteiger partial charge in [0.05, 0.1) is 5.60 Å². The van der Waals surface area contributed by atoms with Crippen molar-refractivity contribution in [3.05, 3.63) is 29.8 Å². The lowest BCUT2D eigenvalue weighted by molar-refractivity contribution is 0.0732. The number of hydrogen-bond donors (Lipinski definition) is 2. The standard InChI is InChI=1S/C15H23NOS/c1-12(16-2)13-5-7-14(8-6-13)18-11-15(17)9-3-4-10-15/h5-8,12,16-17H,3-4,9-11H2,1-2H3. The van der Waals surface area contributed by atoms with Gasteiger partial charge in [-0.15, -0.1) is 11.8 Å². The molecule has 1 unspecified atom stereocenters. The van der Waals surface area contributed by atoms with E-state index < -0.39 is 5.60 Å². The van der Waals surface area contributed by atoms with Crippen molar-refractivity contribution in [1.29, 1.82) is 0 Å². The van der Waals surface area contributed by atoms with Crippen molar-refractivity contribution < 1.29 is 5.11 Å². The summed E-state index contributed by atoms with van der Waals surface area (Å²) in [5, 5.41) is 13.5. The predicted octanol–water partition coefficient (Wildman–Crippen LogP) is 3.36. The first-order valence-electron chi connectivity index (χ1n) is 6.75. The third-order valence-electron chi connectivity index (χ3n) is 3.85. The molecule has 2 rings (SSSR count). The SMILES string of the molecule is CNC(C)c1ccc(SCC2(O)CCCC2)cc1. The third-order valence-corrected chi connectivity index (χ3v) is 5.14. The zero-order chi connectivity index (χ0) is 13.0. The van der Waals surface area contributed by atoms with Crippen LogP contribution in [0.3, 0.4) is 0 Å². The molecule has 18 heavy (non-hydrogen) atoms. The lowest BCUT2D eigenvalue weighted by Gasteiger charge is -2.21. The van der Waals surface area contributed by atoms with E-state index in [4.69, 9.17) is 0 Å². The molecule has 0 aliphatic heterocycles. The molecular formula is C15H23NOS. The predicted molar refractivity (Wildman–Crippen MR) is 78.1 cm³/mol. The van der Waals surface area contributed by atoms with Gasteiger partial charge in [0.25, 0.3) is 0 Å². The molecule has 0 aromatic heterocycles. The lowest BCUT2D eigenvalue weighted by Crippen LogP contribution is -2.26. The Bertz CT molecular complexity index is 371. The monoisotopic (exact) mass is 265 g/mol. The fraction of sp³-hybridized carbons (Fsp3) is 0.600. The van der Waals surface area contributed by atoms with E-state index in [2.05, 4.69) is 36.5 Å². The van der Waals surface area contributed by atoms with E-state index in [0.717, 1.165) is 18.6 Å². The van der Waals surface area contributed by atoms with Gasteiger partial charge in [-0.25, -0.2) is 0 Å². The summed E-state index contributed by atoms with van der Waals surface area (Å²) >= 11 is 1.77. The van der Waals surface area contributed by atoms with Crippen LogP contribution in [-0.4, -0.2) is 23.5 Å². The molecule has 0 saturated heterocycles. The molecule has 2 nitrogen and oxygen atoms in total. The number of nitrogens with one attached hydrogen (secondary N) is 1. The lowest BCUT2D eigenvalue weighted by atomic mass is 10.1. The molecule has 1 aromatic rings. The second-order valence-corrected chi connectivity index (χ2v) is 6.35. The Kier molecular flexibility index (Phi) is 4.71. The molecule has 0 spiro atoms. The molecule has 0 heterocycles. The molecular weight excluding hydrogens is 242 g/mol. The fourth-order valence-corrected chi connectivity index (χ4v) is 3.47. The molecule has 1 atom stereocenters. The summed E-state index contributed by atoms with van der Waals surface area (Å²) in [6.07, 6.45) is 4.29. The second kappa shape index (κ2) is 6.09. The molecule has 100 valence electrons.